The summed E-state index contributed by atoms with van der Waals surface area (Å²) in [5.74, 6) is 1.19. The average molecular weight is 279 g/mol. The van der Waals surface area contributed by atoms with Crippen molar-refractivity contribution in [2.45, 2.75) is 45.1 Å². The zero-order valence-corrected chi connectivity index (χ0v) is 12.0. The van der Waals surface area contributed by atoms with Crippen molar-refractivity contribution in [3.63, 3.8) is 0 Å². The summed E-state index contributed by atoms with van der Waals surface area (Å²) in [5.41, 5.74) is 0.786. The highest BCUT2D eigenvalue weighted by molar-refractivity contribution is 5.23. The SMILES string of the molecule is CCCNC(c1cc(F)cc(F)c1)C1CC2CCC1C2. The van der Waals surface area contributed by atoms with Crippen molar-refractivity contribution in [1.29, 1.82) is 0 Å². The van der Waals surface area contributed by atoms with Gasteiger partial charge in [0, 0.05) is 12.1 Å². The average Bonchev–Trinajstić information content (AvgIpc) is 3.00. The standard InChI is InChI=1S/C17H23F2N/c1-2-5-20-17(13-8-14(18)10-15(19)9-13)16-7-11-3-4-12(16)6-11/h8-12,16-17,20H,2-7H2,1H3. The molecule has 2 saturated carbocycles. The summed E-state index contributed by atoms with van der Waals surface area (Å²) in [4.78, 5) is 0. The predicted octanol–water partition coefficient (Wildman–Crippen LogP) is 4.44. The van der Waals surface area contributed by atoms with Crippen molar-refractivity contribution >= 4 is 0 Å². The first-order valence-electron chi connectivity index (χ1n) is 7.86. The van der Waals surface area contributed by atoms with Gasteiger partial charge in [-0.3, -0.25) is 0 Å². The van der Waals surface area contributed by atoms with Crippen LogP contribution in [0.3, 0.4) is 0 Å². The van der Waals surface area contributed by atoms with Crippen LogP contribution in [0, 0.1) is 29.4 Å². The van der Waals surface area contributed by atoms with Gasteiger partial charge in [-0.25, -0.2) is 8.78 Å². The lowest BCUT2D eigenvalue weighted by Gasteiger charge is -2.32. The molecular weight excluding hydrogens is 256 g/mol. The van der Waals surface area contributed by atoms with Crippen molar-refractivity contribution in [2.24, 2.45) is 17.8 Å². The van der Waals surface area contributed by atoms with E-state index in [1.807, 2.05) is 0 Å². The minimum absolute atomic E-state index is 0.107. The summed E-state index contributed by atoms with van der Waals surface area (Å²) < 4.78 is 27.0. The Balaban J connectivity index is 1.85. The second-order valence-corrected chi connectivity index (χ2v) is 6.47. The normalized spacial score (nSPS) is 29.9. The van der Waals surface area contributed by atoms with Gasteiger partial charge < -0.3 is 5.32 Å². The molecule has 4 unspecified atom stereocenters. The molecule has 2 fully saturated rings. The lowest BCUT2D eigenvalue weighted by atomic mass is 9.80. The van der Waals surface area contributed by atoms with Gasteiger partial charge in [0.05, 0.1) is 0 Å². The number of halogens is 2. The number of nitrogens with one attached hydrogen (secondary N) is 1. The van der Waals surface area contributed by atoms with Gasteiger partial charge in [-0.05, 0) is 67.7 Å². The second kappa shape index (κ2) is 5.80. The van der Waals surface area contributed by atoms with Crippen molar-refractivity contribution in [3.8, 4) is 0 Å². The Hall–Kier alpha value is -0.960. The van der Waals surface area contributed by atoms with Crippen LogP contribution in [0.1, 0.15) is 50.6 Å². The lowest BCUT2D eigenvalue weighted by molar-refractivity contribution is 0.250. The molecule has 0 heterocycles. The molecule has 0 saturated heterocycles. The molecule has 0 spiro atoms. The van der Waals surface area contributed by atoms with Gasteiger partial charge >= 0.3 is 0 Å². The molecule has 1 aromatic rings. The van der Waals surface area contributed by atoms with Crippen molar-refractivity contribution in [1.82, 2.24) is 5.32 Å². The molecule has 0 aliphatic heterocycles. The van der Waals surface area contributed by atoms with Crippen LogP contribution >= 0.6 is 0 Å². The maximum absolute atomic E-state index is 13.5. The summed E-state index contributed by atoms with van der Waals surface area (Å²) in [7, 11) is 0. The Labute approximate surface area is 119 Å². The van der Waals surface area contributed by atoms with Crippen molar-refractivity contribution in [2.75, 3.05) is 6.54 Å². The number of hydrogen-bond acceptors (Lipinski definition) is 1. The van der Waals surface area contributed by atoms with E-state index in [1.165, 1.54) is 37.8 Å². The van der Waals surface area contributed by atoms with Gasteiger partial charge in [0.25, 0.3) is 0 Å². The van der Waals surface area contributed by atoms with E-state index < -0.39 is 11.6 Å². The highest BCUT2D eigenvalue weighted by atomic mass is 19.1. The summed E-state index contributed by atoms with van der Waals surface area (Å²) >= 11 is 0. The van der Waals surface area contributed by atoms with Crippen LogP contribution in [-0.4, -0.2) is 6.54 Å². The van der Waals surface area contributed by atoms with Gasteiger partial charge in [-0.2, -0.15) is 0 Å². The highest BCUT2D eigenvalue weighted by Gasteiger charge is 2.43. The fourth-order valence-electron chi connectivity index (χ4n) is 4.27. The lowest BCUT2D eigenvalue weighted by Crippen LogP contribution is -2.32. The largest absolute Gasteiger partial charge is 0.310 e. The molecule has 2 bridgehead atoms. The molecule has 1 nitrogen and oxygen atoms in total. The Morgan fingerprint density at radius 1 is 1.15 bits per heavy atom. The van der Waals surface area contributed by atoms with E-state index >= 15 is 0 Å². The molecular formula is C17H23F2N. The van der Waals surface area contributed by atoms with Crippen LogP contribution in [0.25, 0.3) is 0 Å². The van der Waals surface area contributed by atoms with E-state index in [0.29, 0.717) is 5.92 Å². The fourth-order valence-corrected chi connectivity index (χ4v) is 4.27. The van der Waals surface area contributed by atoms with Crippen LogP contribution in [0.5, 0.6) is 0 Å². The summed E-state index contributed by atoms with van der Waals surface area (Å²) in [5, 5.41) is 3.53. The number of rotatable bonds is 5. The molecule has 3 heteroatoms. The van der Waals surface area contributed by atoms with Crippen molar-refractivity contribution < 1.29 is 8.78 Å². The first-order chi connectivity index (χ1) is 9.67. The van der Waals surface area contributed by atoms with E-state index in [-0.39, 0.29) is 6.04 Å². The highest BCUT2D eigenvalue weighted by Crippen LogP contribution is 2.52. The van der Waals surface area contributed by atoms with E-state index in [1.54, 1.807) is 0 Å². The molecule has 0 radical (unpaired) electrons. The van der Waals surface area contributed by atoms with Gasteiger partial charge in [0.15, 0.2) is 0 Å². The van der Waals surface area contributed by atoms with Crippen LogP contribution in [-0.2, 0) is 0 Å². The molecule has 1 aromatic carbocycles. The smallest absolute Gasteiger partial charge is 0.126 e. The molecule has 0 aromatic heterocycles. The first kappa shape index (κ1) is 14.0. The van der Waals surface area contributed by atoms with E-state index in [0.717, 1.165) is 36.4 Å². The Bertz CT molecular complexity index is 454. The van der Waals surface area contributed by atoms with Gasteiger partial charge in [-0.1, -0.05) is 13.3 Å². The molecule has 2 aliphatic rings. The first-order valence-corrected chi connectivity index (χ1v) is 7.86. The molecule has 2 aliphatic carbocycles. The van der Waals surface area contributed by atoms with Crippen LogP contribution in [0.2, 0.25) is 0 Å². The van der Waals surface area contributed by atoms with Crippen molar-refractivity contribution in [3.05, 3.63) is 35.4 Å². The van der Waals surface area contributed by atoms with E-state index in [2.05, 4.69) is 12.2 Å². The monoisotopic (exact) mass is 279 g/mol. The zero-order valence-electron chi connectivity index (χ0n) is 12.0. The maximum atomic E-state index is 13.5. The number of hydrogen-bond donors (Lipinski definition) is 1. The third-order valence-electron chi connectivity index (χ3n) is 5.08. The molecule has 3 rings (SSSR count). The van der Waals surface area contributed by atoms with E-state index in [4.69, 9.17) is 0 Å². The van der Waals surface area contributed by atoms with Crippen LogP contribution in [0.4, 0.5) is 8.78 Å². The summed E-state index contributed by atoms with van der Waals surface area (Å²) in [6.45, 7) is 3.02. The third kappa shape index (κ3) is 2.73. The third-order valence-corrected chi connectivity index (χ3v) is 5.08. The Morgan fingerprint density at radius 2 is 1.90 bits per heavy atom. The minimum atomic E-state index is -0.466. The van der Waals surface area contributed by atoms with Gasteiger partial charge in [-0.15, -0.1) is 0 Å². The molecule has 1 N–H and O–H groups in total. The molecule has 20 heavy (non-hydrogen) atoms. The van der Waals surface area contributed by atoms with Crippen LogP contribution in [0.15, 0.2) is 18.2 Å². The maximum Gasteiger partial charge on any atom is 0.126 e. The predicted molar refractivity (Wildman–Crippen MR) is 76.3 cm³/mol. The fraction of sp³-hybridized carbons (Fsp3) is 0.647. The number of fused-ring (bicyclic) bond motifs is 2. The topological polar surface area (TPSA) is 12.0 Å². The van der Waals surface area contributed by atoms with E-state index in [9.17, 15) is 8.78 Å². The second-order valence-electron chi connectivity index (χ2n) is 6.47. The Morgan fingerprint density at radius 3 is 2.45 bits per heavy atom. The van der Waals surface area contributed by atoms with Gasteiger partial charge in [0.2, 0.25) is 0 Å². The molecule has 0 amide bonds. The summed E-state index contributed by atoms with van der Waals surface area (Å²) in [6.07, 6.45) is 6.20. The minimum Gasteiger partial charge on any atom is -0.310 e. The molecule has 4 atom stereocenters. The Kier molecular flexibility index (Phi) is 4.06. The molecule has 110 valence electrons. The zero-order chi connectivity index (χ0) is 14.1. The van der Waals surface area contributed by atoms with Gasteiger partial charge in [0.1, 0.15) is 11.6 Å². The summed E-state index contributed by atoms with van der Waals surface area (Å²) in [6, 6.07) is 4.07. The quantitative estimate of drug-likeness (QED) is 0.840. The van der Waals surface area contributed by atoms with Crippen LogP contribution < -0.4 is 5.32 Å². The number of benzene rings is 1.